The molecule has 0 radical (unpaired) electrons. The number of aryl methyl sites for hydroxylation is 1. The Morgan fingerprint density at radius 2 is 1.72 bits per heavy atom. The van der Waals surface area contributed by atoms with Gasteiger partial charge in [0.05, 0.1) is 6.61 Å². The van der Waals surface area contributed by atoms with Crippen LogP contribution in [-0.2, 0) is 13.2 Å². The summed E-state index contributed by atoms with van der Waals surface area (Å²) < 4.78 is 11.8. The highest BCUT2D eigenvalue weighted by atomic mass is 16.5. The maximum atomic E-state index is 6.03. The maximum absolute atomic E-state index is 6.03. The number of rotatable bonds is 9. The molecule has 2 rings (SSSR count). The molecule has 3 heteroatoms. The molecule has 0 aliphatic heterocycles. The van der Waals surface area contributed by atoms with Gasteiger partial charge in [0.15, 0.2) is 11.5 Å². The van der Waals surface area contributed by atoms with E-state index in [9.17, 15) is 0 Å². The Labute approximate surface area is 152 Å². The van der Waals surface area contributed by atoms with Gasteiger partial charge in [-0.05, 0) is 62.9 Å². The summed E-state index contributed by atoms with van der Waals surface area (Å²) in [7, 11) is 0. The van der Waals surface area contributed by atoms with Crippen LogP contribution in [-0.4, -0.2) is 12.1 Å². The van der Waals surface area contributed by atoms with E-state index in [2.05, 4.69) is 57.3 Å². The van der Waals surface area contributed by atoms with E-state index in [0.29, 0.717) is 13.2 Å². The lowest BCUT2D eigenvalue weighted by Crippen LogP contribution is -2.37. The summed E-state index contributed by atoms with van der Waals surface area (Å²) >= 11 is 0. The van der Waals surface area contributed by atoms with Crippen molar-refractivity contribution >= 4 is 0 Å². The van der Waals surface area contributed by atoms with Crippen LogP contribution in [0.1, 0.15) is 50.8 Å². The minimum atomic E-state index is 0.131. The van der Waals surface area contributed by atoms with Crippen LogP contribution in [0.15, 0.2) is 42.5 Å². The molecule has 0 amide bonds. The van der Waals surface area contributed by atoms with Crippen LogP contribution in [0.25, 0.3) is 0 Å². The highest BCUT2D eigenvalue weighted by Gasteiger charge is 2.14. The van der Waals surface area contributed by atoms with Crippen molar-refractivity contribution in [1.29, 1.82) is 0 Å². The van der Waals surface area contributed by atoms with E-state index in [1.807, 2.05) is 25.1 Å². The third-order valence-corrected chi connectivity index (χ3v) is 4.61. The van der Waals surface area contributed by atoms with Gasteiger partial charge in [0.1, 0.15) is 6.61 Å². The largest absolute Gasteiger partial charge is 0.490 e. The van der Waals surface area contributed by atoms with E-state index in [-0.39, 0.29) is 5.54 Å². The monoisotopic (exact) mass is 341 g/mol. The molecule has 2 aromatic rings. The van der Waals surface area contributed by atoms with Crippen LogP contribution >= 0.6 is 0 Å². The molecule has 136 valence electrons. The average Bonchev–Trinajstić information content (AvgIpc) is 2.61. The summed E-state index contributed by atoms with van der Waals surface area (Å²) in [5.41, 5.74) is 3.77. The van der Waals surface area contributed by atoms with Gasteiger partial charge in [-0.1, -0.05) is 37.3 Å². The summed E-state index contributed by atoms with van der Waals surface area (Å²) in [5.74, 6) is 1.60. The molecule has 0 unspecified atom stereocenters. The Morgan fingerprint density at radius 3 is 2.40 bits per heavy atom. The van der Waals surface area contributed by atoms with Crippen LogP contribution in [0.5, 0.6) is 11.5 Å². The second-order valence-electron chi connectivity index (χ2n) is 7.02. The Hall–Kier alpha value is -2.00. The smallest absolute Gasteiger partial charge is 0.161 e. The van der Waals surface area contributed by atoms with Gasteiger partial charge in [-0.25, -0.2) is 0 Å². The Balaban J connectivity index is 2.09. The Kier molecular flexibility index (Phi) is 6.89. The van der Waals surface area contributed by atoms with Gasteiger partial charge in [0.2, 0.25) is 0 Å². The van der Waals surface area contributed by atoms with Crippen LogP contribution < -0.4 is 14.8 Å². The number of nitrogens with one attached hydrogen (secondary N) is 1. The minimum Gasteiger partial charge on any atom is -0.490 e. The second kappa shape index (κ2) is 8.91. The van der Waals surface area contributed by atoms with Gasteiger partial charge in [0.25, 0.3) is 0 Å². The average molecular weight is 341 g/mol. The molecule has 0 fully saturated rings. The Morgan fingerprint density at radius 1 is 0.960 bits per heavy atom. The Bertz CT molecular complexity index is 679. The zero-order valence-corrected chi connectivity index (χ0v) is 16.2. The number of ether oxygens (including phenoxy) is 2. The molecule has 0 spiro atoms. The van der Waals surface area contributed by atoms with Gasteiger partial charge < -0.3 is 14.8 Å². The molecule has 0 aromatic heterocycles. The molecule has 0 aliphatic rings. The van der Waals surface area contributed by atoms with E-state index in [0.717, 1.165) is 24.5 Å². The SMILES string of the molecule is CCOc1cc(CNC(C)(C)CC)ccc1OCc1ccccc1C. The lowest BCUT2D eigenvalue weighted by atomic mass is 10.0. The number of hydrogen-bond donors (Lipinski definition) is 1. The molecule has 2 aromatic carbocycles. The molecule has 0 atom stereocenters. The summed E-state index contributed by atoms with van der Waals surface area (Å²) in [5, 5.41) is 3.58. The standard InChI is InChI=1S/C22H31NO2/c1-6-22(4,5)23-15-18-12-13-20(21(14-18)24-7-2)25-16-19-11-9-8-10-17(19)3/h8-14,23H,6-7,15-16H2,1-5H3. The molecule has 25 heavy (non-hydrogen) atoms. The quantitative estimate of drug-likeness (QED) is 0.675. The topological polar surface area (TPSA) is 30.5 Å². The van der Waals surface area contributed by atoms with Gasteiger partial charge in [-0.15, -0.1) is 0 Å². The van der Waals surface area contributed by atoms with Crippen molar-refractivity contribution in [2.24, 2.45) is 0 Å². The van der Waals surface area contributed by atoms with Crippen molar-refractivity contribution in [3.05, 3.63) is 59.2 Å². The van der Waals surface area contributed by atoms with Crippen molar-refractivity contribution < 1.29 is 9.47 Å². The van der Waals surface area contributed by atoms with Gasteiger partial charge in [-0.3, -0.25) is 0 Å². The normalized spacial score (nSPS) is 11.4. The summed E-state index contributed by atoms with van der Waals surface area (Å²) in [4.78, 5) is 0. The van der Waals surface area contributed by atoms with E-state index >= 15 is 0 Å². The van der Waals surface area contributed by atoms with E-state index in [1.54, 1.807) is 0 Å². The van der Waals surface area contributed by atoms with E-state index < -0.39 is 0 Å². The zero-order valence-electron chi connectivity index (χ0n) is 16.2. The fraction of sp³-hybridized carbons (Fsp3) is 0.455. The molecule has 0 aliphatic carbocycles. The van der Waals surface area contributed by atoms with Crippen molar-refractivity contribution in [3.63, 3.8) is 0 Å². The van der Waals surface area contributed by atoms with Crippen LogP contribution in [0.2, 0.25) is 0 Å². The van der Waals surface area contributed by atoms with Crippen molar-refractivity contribution in [2.75, 3.05) is 6.61 Å². The van der Waals surface area contributed by atoms with E-state index in [4.69, 9.17) is 9.47 Å². The van der Waals surface area contributed by atoms with Crippen LogP contribution in [0.4, 0.5) is 0 Å². The number of hydrogen-bond acceptors (Lipinski definition) is 3. The summed E-state index contributed by atoms with van der Waals surface area (Å²) in [6.45, 7) is 12.7. The molecule has 1 N–H and O–H groups in total. The van der Waals surface area contributed by atoms with Gasteiger partial charge in [0, 0.05) is 12.1 Å². The molecular formula is C22H31NO2. The predicted octanol–water partition coefficient (Wildman–Crippen LogP) is 5.25. The van der Waals surface area contributed by atoms with Gasteiger partial charge >= 0.3 is 0 Å². The molecule has 0 saturated carbocycles. The summed E-state index contributed by atoms with van der Waals surface area (Å²) in [6.07, 6.45) is 1.09. The van der Waals surface area contributed by atoms with Crippen molar-refractivity contribution in [2.45, 2.75) is 59.7 Å². The third-order valence-electron chi connectivity index (χ3n) is 4.61. The van der Waals surface area contributed by atoms with Crippen molar-refractivity contribution in [1.82, 2.24) is 5.32 Å². The predicted molar refractivity (Wildman–Crippen MR) is 104 cm³/mol. The van der Waals surface area contributed by atoms with Crippen LogP contribution in [0.3, 0.4) is 0 Å². The zero-order chi connectivity index (χ0) is 18.3. The molecular weight excluding hydrogens is 310 g/mol. The maximum Gasteiger partial charge on any atom is 0.161 e. The van der Waals surface area contributed by atoms with Crippen molar-refractivity contribution in [3.8, 4) is 11.5 Å². The van der Waals surface area contributed by atoms with E-state index in [1.165, 1.54) is 16.7 Å². The lowest BCUT2D eigenvalue weighted by molar-refractivity contribution is 0.268. The first-order chi connectivity index (χ1) is 11.9. The molecule has 3 nitrogen and oxygen atoms in total. The third kappa shape index (κ3) is 5.79. The highest BCUT2D eigenvalue weighted by Crippen LogP contribution is 2.30. The first-order valence-electron chi connectivity index (χ1n) is 9.13. The first kappa shape index (κ1) is 19.3. The molecule has 0 heterocycles. The second-order valence-corrected chi connectivity index (χ2v) is 7.02. The lowest BCUT2D eigenvalue weighted by Gasteiger charge is -2.25. The van der Waals surface area contributed by atoms with Gasteiger partial charge in [-0.2, -0.15) is 0 Å². The number of benzene rings is 2. The fourth-order valence-electron chi connectivity index (χ4n) is 2.44. The fourth-order valence-corrected chi connectivity index (χ4v) is 2.44. The molecule has 0 saturated heterocycles. The highest BCUT2D eigenvalue weighted by molar-refractivity contribution is 5.43. The molecule has 0 bridgehead atoms. The first-order valence-corrected chi connectivity index (χ1v) is 9.13. The summed E-state index contributed by atoms with van der Waals surface area (Å²) in [6, 6.07) is 14.5. The van der Waals surface area contributed by atoms with Crippen LogP contribution in [0, 0.1) is 6.92 Å². The minimum absolute atomic E-state index is 0.131.